The fourth-order valence-corrected chi connectivity index (χ4v) is 4.01. The number of anilines is 1. The van der Waals surface area contributed by atoms with E-state index in [0.717, 1.165) is 42.0 Å². The van der Waals surface area contributed by atoms with Crippen LogP contribution in [-0.2, 0) is 22.6 Å². The lowest BCUT2D eigenvalue weighted by Crippen LogP contribution is -2.44. The molecule has 7 heteroatoms. The molecule has 2 aromatic carbocycles. The molecule has 0 saturated carbocycles. The van der Waals surface area contributed by atoms with E-state index in [2.05, 4.69) is 14.9 Å². The Labute approximate surface area is 187 Å². The lowest BCUT2D eigenvalue weighted by molar-refractivity contribution is -0.133. The van der Waals surface area contributed by atoms with Crippen LogP contribution in [0.4, 0.5) is 10.1 Å². The van der Waals surface area contributed by atoms with Crippen molar-refractivity contribution in [2.75, 3.05) is 18.4 Å². The summed E-state index contributed by atoms with van der Waals surface area (Å²) in [4.78, 5) is 31.5. The van der Waals surface area contributed by atoms with Gasteiger partial charge in [0.25, 0.3) is 0 Å². The number of imidazole rings is 1. The van der Waals surface area contributed by atoms with Gasteiger partial charge in [-0.15, -0.1) is 0 Å². The first-order valence-corrected chi connectivity index (χ1v) is 10.9. The standard InChI is InChI=1S/C25H27FN4O2/c1-18-27-12-14-29(18)16-20-6-10-23(11-7-20)28-25(32)21-3-2-13-30(17-21)24(31)15-19-4-8-22(26)9-5-19/h4-12,14,21H,2-3,13,15-17H2,1H3,(H,28,32). The highest BCUT2D eigenvalue weighted by molar-refractivity contribution is 5.93. The molecule has 1 atom stereocenters. The molecule has 2 amide bonds. The number of hydrogen-bond donors (Lipinski definition) is 1. The van der Waals surface area contributed by atoms with Crippen LogP contribution in [0.2, 0.25) is 0 Å². The van der Waals surface area contributed by atoms with Crippen LogP contribution in [0, 0.1) is 18.7 Å². The Morgan fingerprint density at radius 3 is 2.50 bits per heavy atom. The molecule has 1 aromatic heterocycles. The van der Waals surface area contributed by atoms with E-state index in [0.29, 0.717) is 13.1 Å². The molecule has 2 heterocycles. The summed E-state index contributed by atoms with van der Waals surface area (Å²) in [5.41, 5.74) is 2.64. The molecule has 1 aliphatic rings. The van der Waals surface area contributed by atoms with Gasteiger partial charge in [0.15, 0.2) is 0 Å². The van der Waals surface area contributed by atoms with Gasteiger partial charge in [-0.1, -0.05) is 24.3 Å². The minimum absolute atomic E-state index is 0.0340. The predicted octanol–water partition coefficient (Wildman–Crippen LogP) is 3.80. The second-order valence-electron chi connectivity index (χ2n) is 8.27. The maximum absolute atomic E-state index is 13.1. The second kappa shape index (κ2) is 9.77. The molecule has 1 unspecified atom stereocenters. The van der Waals surface area contributed by atoms with Gasteiger partial charge >= 0.3 is 0 Å². The van der Waals surface area contributed by atoms with Crippen molar-refractivity contribution in [3.63, 3.8) is 0 Å². The lowest BCUT2D eigenvalue weighted by Gasteiger charge is -2.32. The predicted molar refractivity (Wildman–Crippen MR) is 121 cm³/mol. The number of likely N-dealkylation sites (tertiary alicyclic amines) is 1. The van der Waals surface area contributed by atoms with Crippen molar-refractivity contribution in [3.8, 4) is 0 Å². The lowest BCUT2D eigenvalue weighted by atomic mass is 9.96. The van der Waals surface area contributed by atoms with Crippen molar-refractivity contribution in [1.29, 1.82) is 0 Å². The molecule has 0 spiro atoms. The van der Waals surface area contributed by atoms with Gasteiger partial charge in [-0.3, -0.25) is 9.59 Å². The van der Waals surface area contributed by atoms with Crippen molar-refractivity contribution >= 4 is 17.5 Å². The number of piperidine rings is 1. The van der Waals surface area contributed by atoms with E-state index in [1.165, 1.54) is 12.1 Å². The number of aryl methyl sites for hydroxylation is 1. The topological polar surface area (TPSA) is 67.2 Å². The Hall–Kier alpha value is -3.48. The third-order valence-corrected chi connectivity index (χ3v) is 5.91. The van der Waals surface area contributed by atoms with Gasteiger partial charge in [0.1, 0.15) is 11.6 Å². The van der Waals surface area contributed by atoms with Crippen LogP contribution in [0.3, 0.4) is 0 Å². The molecular formula is C25H27FN4O2. The summed E-state index contributed by atoms with van der Waals surface area (Å²) in [5.74, 6) is 0.295. The Balaban J connectivity index is 1.31. The largest absolute Gasteiger partial charge is 0.342 e. The molecule has 1 aliphatic heterocycles. The molecular weight excluding hydrogens is 407 g/mol. The summed E-state index contributed by atoms with van der Waals surface area (Å²) < 4.78 is 15.1. The van der Waals surface area contributed by atoms with E-state index in [-0.39, 0.29) is 30.0 Å². The van der Waals surface area contributed by atoms with Crippen LogP contribution in [0.1, 0.15) is 29.8 Å². The van der Waals surface area contributed by atoms with Crippen molar-refractivity contribution in [2.24, 2.45) is 5.92 Å². The summed E-state index contributed by atoms with van der Waals surface area (Å²) >= 11 is 0. The van der Waals surface area contributed by atoms with Gasteiger partial charge in [0.2, 0.25) is 11.8 Å². The molecule has 0 radical (unpaired) electrons. The van der Waals surface area contributed by atoms with Crippen molar-refractivity contribution in [3.05, 3.63) is 83.7 Å². The fraction of sp³-hybridized carbons (Fsp3) is 0.320. The number of carbonyl (C=O) groups is 2. The minimum Gasteiger partial charge on any atom is -0.342 e. The molecule has 3 aromatic rings. The molecule has 32 heavy (non-hydrogen) atoms. The summed E-state index contributed by atoms with van der Waals surface area (Å²) in [7, 11) is 0. The number of halogens is 1. The van der Waals surface area contributed by atoms with E-state index in [4.69, 9.17) is 0 Å². The van der Waals surface area contributed by atoms with Crippen LogP contribution >= 0.6 is 0 Å². The highest BCUT2D eigenvalue weighted by atomic mass is 19.1. The van der Waals surface area contributed by atoms with Crippen molar-refractivity contribution in [1.82, 2.24) is 14.5 Å². The number of carbonyl (C=O) groups excluding carboxylic acids is 2. The normalized spacial score (nSPS) is 16.1. The Morgan fingerprint density at radius 1 is 1.09 bits per heavy atom. The van der Waals surface area contributed by atoms with Gasteiger partial charge < -0.3 is 14.8 Å². The second-order valence-corrected chi connectivity index (χ2v) is 8.27. The van der Waals surface area contributed by atoms with E-state index < -0.39 is 0 Å². The van der Waals surface area contributed by atoms with Crippen LogP contribution < -0.4 is 5.32 Å². The number of aromatic nitrogens is 2. The van der Waals surface area contributed by atoms with E-state index in [9.17, 15) is 14.0 Å². The number of nitrogens with one attached hydrogen (secondary N) is 1. The van der Waals surface area contributed by atoms with Crippen LogP contribution in [0.5, 0.6) is 0 Å². The summed E-state index contributed by atoms with van der Waals surface area (Å²) in [6.07, 6.45) is 5.48. The SMILES string of the molecule is Cc1nccn1Cc1ccc(NC(=O)C2CCCN(C(=O)Cc3ccc(F)cc3)C2)cc1. The van der Waals surface area contributed by atoms with Crippen molar-refractivity contribution in [2.45, 2.75) is 32.7 Å². The average molecular weight is 435 g/mol. The minimum atomic E-state index is -0.319. The Morgan fingerprint density at radius 2 is 1.81 bits per heavy atom. The Bertz CT molecular complexity index is 1080. The van der Waals surface area contributed by atoms with Gasteiger partial charge in [-0.05, 0) is 55.2 Å². The molecule has 1 N–H and O–H groups in total. The quantitative estimate of drug-likeness (QED) is 0.642. The Kier molecular flexibility index (Phi) is 6.63. The molecule has 166 valence electrons. The third-order valence-electron chi connectivity index (χ3n) is 5.91. The van der Waals surface area contributed by atoms with Gasteiger partial charge in [-0.25, -0.2) is 9.37 Å². The number of benzene rings is 2. The van der Waals surface area contributed by atoms with Gasteiger partial charge in [0.05, 0.1) is 12.3 Å². The monoisotopic (exact) mass is 434 g/mol. The molecule has 1 saturated heterocycles. The summed E-state index contributed by atoms with van der Waals surface area (Å²) in [5, 5.41) is 2.99. The number of rotatable bonds is 6. The zero-order chi connectivity index (χ0) is 22.5. The highest BCUT2D eigenvalue weighted by Gasteiger charge is 2.28. The van der Waals surface area contributed by atoms with Gasteiger partial charge in [0, 0.05) is 37.7 Å². The summed E-state index contributed by atoms with van der Waals surface area (Å²) in [6, 6.07) is 13.8. The van der Waals surface area contributed by atoms with Gasteiger partial charge in [-0.2, -0.15) is 0 Å². The maximum atomic E-state index is 13.1. The van der Waals surface area contributed by atoms with Crippen LogP contribution in [0.15, 0.2) is 60.9 Å². The molecule has 1 fully saturated rings. The zero-order valence-corrected chi connectivity index (χ0v) is 18.1. The molecule has 6 nitrogen and oxygen atoms in total. The summed E-state index contributed by atoms with van der Waals surface area (Å²) in [6.45, 7) is 3.75. The molecule has 4 rings (SSSR count). The first kappa shape index (κ1) is 21.7. The fourth-order valence-electron chi connectivity index (χ4n) is 4.01. The van der Waals surface area contributed by atoms with E-state index >= 15 is 0 Å². The number of nitrogens with zero attached hydrogens (tertiary/aromatic N) is 3. The number of amides is 2. The highest BCUT2D eigenvalue weighted by Crippen LogP contribution is 2.20. The maximum Gasteiger partial charge on any atom is 0.229 e. The third kappa shape index (κ3) is 5.41. The van der Waals surface area contributed by atoms with Crippen LogP contribution in [0.25, 0.3) is 0 Å². The average Bonchev–Trinajstić information content (AvgIpc) is 3.21. The van der Waals surface area contributed by atoms with Crippen molar-refractivity contribution < 1.29 is 14.0 Å². The smallest absolute Gasteiger partial charge is 0.229 e. The van der Waals surface area contributed by atoms with Crippen LogP contribution in [-0.4, -0.2) is 39.4 Å². The first-order valence-electron chi connectivity index (χ1n) is 10.9. The zero-order valence-electron chi connectivity index (χ0n) is 18.1. The number of hydrogen-bond acceptors (Lipinski definition) is 3. The van der Waals surface area contributed by atoms with E-state index in [1.807, 2.05) is 37.4 Å². The molecule has 0 bridgehead atoms. The first-order chi connectivity index (χ1) is 15.5. The van der Waals surface area contributed by atoms with E-state index in [1.54, 1.807) is 23.2 Å². The molecule has 0 aliphatic carbocycles.